The van der Waals surface area contributed by atoms with Gasteiger partial charge in [-0.05, 0) is 36.6 Å². The third-order valence-electron chi connectivity index (χ3n) is 4.45. The predicted molar refractivity (Wildman–Crippen MR) is 104 cm³/mol. The van der Waals surface area contributed by atoms with Crippen LogP contribution in [0.25, 0.3) is 0 Å². The molecule has 0 fully saturated rings. The van der Waals surface area contributed by atoms with E-state index in [2.05, 4.69) is 28.5 Å². The molecule has 0 saturated carbocycles. The second kappa shape index (κ2) is 7.31. The molecule has 1 N–H and O–H groups in total. The van der Waals surface area contributed by atoms with Gasteiger partial charge in [-0.1, -0.05) is 42.5 Å². The minimum absolute atomic E-state index is 0.103. The number of hydrogen-bond donors (Lipinski definition) is 1. The van der Waals surface area contributed by atoms with Crippen molar-refractivity contribution in [2.45, 2.75) is 19.3 Å². The van der Waals surface area contributed by atoms with Gasteiger partial charge in [-0.3, -0.25) is 14.8 Å². The summed E-state index contributed by atoms with van der Waals surface area (Å²) in [5.41, 5.74) is 5.11. The van der Waals surface area contributed by atoms with Crippen LogP contribution in [-0.2, 0) is 4.79 Å². The number of hydrogen-bond acceptors (Lipinski definition) is 3. The molecule has 0 spiro atoms. The van der Waals surface area contributed by atoms with E-state index in [1.54, 1.807) is 12.4 Å². The van der Waals surface area contributed by atoms with Crippen molar-refractivity contribution in [1.82, 2.24) is 4.98 Å². The molecule has 1 aromatic heterocycles. The summed E-state index contributed by atoms with van der Waals surface area (Å²) >= 11 is 0. The molecule has 0 bridgehead atoms. The van der Waals surface area contributed by atoms with Crippen molar-refractivity contribution < 1.29 is 4.79 Å². The van der Waals surface area contributed by atoms with Crippen molar-refractivity contribution in [3.05, 3.63) is 95.5 Å². The van der Waals surface area contributed by atoms with Crippen molar-refractivity contribution in [1.29, 1.82) is 0 Å². The Morgan fingerprint density at radius 3 is 2.65 bits per heavy atom. The third-order valence-corrected chi connectivity index (χ3v) is 4.45. The first-order valence-electron chi connectivity index (χ1n) is 8.76. The number of benzene rings is 1. The van der Waals surface area contributed by atoms with Gasteiger partial charge in [0, 0.05) is 35.6 Å². The molecule has 4 heteroatoms. The maximum absolute atomic E-state index is 12.9. The lowest BCUT2D eigenvalue weighted by atomic mass is 9.99. The first-order valence-corrected chi connectivity index (χ1v) is 8.76. The zero-order chi connectivity index (χ0) is 17.8. The monoisotopic (exact) mass is 341 g/mol. The summed E-state index contributed by atoms with van der Waals surface area (Å²) in [6.45, 7) is 0. The standard InChI is InChI=1S/C22H19N3O/c26-22(24-18-11-5-2-6-12-18)19-14-20(17-10-7-13-23-15-17)25-21(19)16-8-3-1-4-9-16/h2-3,5-13,15H,1,4,14H2,(H,24,26). The van der Waals surface area contributed by atoms with Crippen LogP contribution in [0, 0.1) is 0 Å². The zero-order valence-corrected chi connectivity index (χ0v) is 14.4. The van der Waals surface area contributed by atoms with Crippen LogP contribution in [0.5, 0.6) is 0 Å². The molecule has 0 saturated heterocycles. The molecular formula is C22H19N3O. The number of anilines is 1. The van der Waals surface area contributed by atoms with Gasteiger partial charge in [0.2, 0.25) is 0 Å². The number of pyridine rings is 1. The highest BCUT2D eigenvalue weighted by atomic mass is 16.1. The lowest BCUT2D eigenvalue weighted by Gasteiger charge is -2.10. The predicted octanol–water partition coefficient (Wildman–Crippen LogP) is 4.44. The van der Waals surface area contributed by atoms with E-state index in [1.165, 1.54) is 0 Å². The van der Waals surface area contributed by atoms with Crippen molar-refractivity contribution in [2.24, 2.45) is 4.99 Å². The molecule has 2 heterocycles. The molecule has 4 rings (SSSR count). The maximum Gasteiger partial charge on any atom is 0.254 e. The van der Waals surface area contributed by atoms with Crippen LogP contribution < -0.4 is 5.32 Å². The Balaban J connectivity index is 1.67. The smallest absolute Gasteiger partial charge is 0.254 e. The number of para-hydroxylation sites is 1. The highest BCUT2D eigenvalue weighted by Crippen LogP contribution is 2.31. The molecule has 1 amide bonds. The Labute approximate surface area is 152 Å². The summed E-state index contributed by atoms with van der Waals surface area (Å²) in [7, 11) is 0. The van der Waals surface area contributed by atoms with Crippen molar-refractivity contribution in [3.8, 4) is 0 Å². The van der Waals surface area contributed by atoms with Crippen LogP contribution in [0.3, 0.4) is 0 Å². The summed E-state index contributed by atoms with van der Waals surface area (Å²) in [5, 5.41) is 2.99. The number of allylic oxidation sites excluding steroid dienone is 3. The summed E-state index contributed by atoms with van der Waals surface area (Å²) < 4.78 is 0. The van der Waals surface area contributed by atoms with Gasteiger partial charge < -0.3 is 5.32 Å². The number of rotatable bonds is 4. The summed E-state index contributed by atoms with van der Waals surface area (Å²) in [4.78, 5) is 21.9. The highest BCUT2D eigenvalue weighted by molar-refractivity contribution is 6.15. The molecule has 1 aliphatic heterocycles. The van der Waals surface area contributed by atoms with Gasteiger partial charge in [0.1, 0.15) is 0 Å². The van der Waals surface area contributed by atoms with Crippen molar-refractivity contribution in [2.75, 3.05) is 5.32 Å². The maximum atomic E-state index is 12.9. The van der Waals surface area contributed by atoms with Gasteiger partial charge in [0.15, 0.2) is 0 Å². The Morgan fingerprint density at radius 2 is 1.92 bits per heavy atom. The highest BCUT2D eigenvalue weighted by Gasteiger charge is 2.26. The minimum atomic E-state index is -0.103. The quantitative estimate of drug-likeness (QED) is 0.893. The van der Waals surface area contributed by atoms with E-state index in [0.29, 0.717) is 12.0 Å². The largest absolute Gasteiger partial charge is 0.322 e. The minimum Gasteiger partial charge on any atom is -0.322 e. The normalized spacial score (nSPS) is 16.3. The van der Waals surface area contributed by atoms with Crippen LogP contribution in [0.15, 0.2) is 94.9 Å². The van der Waals surface area contributed by atoms with Crippen LogP contribution in [0.1, 0.15) is 24.8 Å². The molecule has 1 aromatic carbocycles. The van der Waals surface area contributed by atoms with Crippen LogP contribution in [0.4, 0.5) is 5.69 Å². The average molecular weight is 341 g/mol. The number of amides is 1. The fraction of sp³-hybridized carbons (Fsp3) is 0.136. The number of aliphatic imine (C=N–C) groups is 1. The molecule has 0 unspecified atom stereocenters. The van der Waals surface area contributed by atoms with Crippen LogP contribution >= 0.6 is 0 Å². The molecule has 2 aliphatic rings. The summed E-state index contributed by atoms with van der Waals surface area (Å²) in [6, 6.07) is 13.4. The van der Waals surface area contributed by atoms with E-state index in [9.17, 15) is 4.79 Å². The molecule has 2 aromatic rings. The first-order chi connectivity index (χ1) is 12.8. The number of carbonyl (C=O) groups excluding carboxylic acids is 1. The van der Waals surface area contributed by atoms with Gasteiger partial charge in [0.05, 0.1) is 11.4 Å². The van der Waals surface area contributed by atoms with Crippen LogP contribution in [0.2, 0.25) is 0 Å². The third kappa shape index (κ3) is 3.40. The van der Waals surface area contributed by atoms with Crippen molar-refractivity contribution >= 4 is 17.3 Å². The summed E-state index contributed by atoms with van der Waals surface area (Å²) in [5.74, 6) is -0.103. The van der Waals surface area contributed by atoms with Gasteiger partial charge >= 0.3 is 0 Å². The van der Waals surface area contributed by atoms with Gasteiger partial charge in [-0.15, -0.1) is 0 Å². The number of nitrogens with one attached hydrogen (secondary N) is 1. The Morgan fingerprint density at radius 1 is 1.04 bits per heavy atom. The second-order valence-corrected chi connectivity index (χ2v) is 6.26. The zero-order valence-electron chi connectivity index (χ0n) is 14.4. The Kier molecular flexibility index (Phi) is 4.56. The number of nitrogens with zero attached hydrogens (tertiary/aromatic N) is 2. The average Bonchev–Trinajstić information content (AvgIpc) is 3.16. The van der Waals surface area contributed by atoms with E-state index in [4.69, 9.17) is 4.99 Å². The van der Waals surface area contributed by atoms with E-state index in [1.807, 2.05) is 42.5 Å². The van der Waals surface area contributed by atoms with Gasteiger partial charge in [-0.2, -0.15) is 0 Å². The Hall–Kier alpha value is -3.27. The fourth-order valence-electron chi connectivity index (χ4n) is 3.14. The van der Waals surface area contributed by atoms with E-state index >= 15 is 0 Å². The van der Waals surface area contributed by atoms with Gasteiger partial charge in [0.25, 0.3) is 5.91 Å². The van der Waals surface area contributed by atoms with Gasteiger partial charge in [-0.25, -0.2) is 0 Å². The molecule has 0 atom stereocenters. The van der Waals surface area contributed by atoms with Crippen LogP contribution in [-0.4, -0.2) is 16.6 Å². The topological polar surface area (TPSA) is 54.4 Å². The molecule has 26 heavy (non-hydrogen) atoms. The summed E-state index contributed by atoms with van der Waals surface area (Å²) in [6.07, 6.45) is 12.4. The SMILES string of the molecule is O=C(Nc1ccccc1)C1=C(C2=CCCC=C2)N=C(c2cccnc2)C1. The van der Waals surface area contributed by atoms with E-state index in [0.717, 1.165) is 41.1 Å². The fourth-order valence-corrected chi connectivity index (χ4v) is 3.14. The number of carbonyl (C=O) groups is 1. The van der Waals surface area contributed by atoms with E-state index < -0.39 is 0 Å². The van der Waals surface area contributed by atoms with E-state index in [-0.39, 0.29) is 5.91 Å². The second-order valence-electron chi connectivity index (χ2n) is 6.26. The molecule has 0 radical (unpaired) electrons. The Bertz CT molecular complexity index is 938. The molecule has 4 nitrogen and oxygen atoms in total. The van der Waals surface area contributed by atoms with Crippen molar-refractivity contribution in [3.63, 3.8) is 0 Å². The first kappa shape index (κ1) is 16.2. The number of aromatic nitrogens is 1. The molecular weight excluding hydrogens is 322 g/mol. The lowest BCUT2D eigenvalue weighted by molar-refractivity contribution is -0.112. The molecule has 1 aliphatic carbocycles. The lowest BCUT2D eigenvalue weighted by Crippen LogP contribution is -2.16. The molecule has 128 valence electrons.